The Hall–Kier alpha value is -1.98. The van der Waals surface area contributed by atoms with Crippen LogP contribution in [0.3, 0.4) is 0 Å². The van der Waals surface area contributed by atoms with E-state index in [1.807, 2.05) is 19.9 Å². The molecule has 6 nitrogen and oxygen atoms in total. The summed E-state index contributed by atoms with van der Waals surface area (Å²) < 4.78 is 1.65. The van der Waals surface area contributed by atoms with E-state index < -0.39 is 0 Å². The van der Waals surface area contributed by atoms with Crippen molar-refractivity contribution in [3.63, 3.8) is 0 Å². The molecule has 5 unspecified atom stereocenters. The van der Waals surface area contributed by atoms with Gasteiger partial charge in [-0.2, -0.15) is 4.98 Å². The zero-order valence-corrected chi connectivity index (χ0v) is 14.2. The maximum Gasteiger partial charge on any atom is 0.291 e. The van der Waals surface area contributed by atoms with E-state index in [9.17, 15) is 4.79 Å². The van der Waals surface area contributed by atoms with Crippen molar-refractivity contribution in [1.82, 2.24) is 24.9 Å². The van der Waals surface area contributed by atoms with Crippen molar-refractivity contribution < 1.29 is 4.79 Å². The predicted octanol–water partition coefficient (Wildman–Crippen LogP) is 2.30. The molecule has 6 heteroatoms. The Bertz CT molecular complexity index is 828. The van der Waals surface area contributed by atoms with Gasteiger partial charge in [-0.1, -0.05) is 6.42 Å². The van der Waals surface area contributed by atoms with E-state index in [4.69, 9.17) is 0 Å². The largest absolute Gasteiger partial charge is 0.346 e. The number of aromatic nitrogens is 4. The molecule has 126 valence electrons. The van der Waals surface area contributed by atoms with Crippen molar-refractivity contribution in [1.29, 1.82) is 0 Å². The zero-order valence-electron chi connectivity index (χ0n) is 14.2. The van der Waals surface area contributed by atoms with Crippen molar-refractivity contribution in [2.24, 2.45) is 23.7 Å². The molecular weight excluding hydrogens is 302 g/mol. The molecule has 0 radical (unpaired) electrons. The minimum absolute atomic E-state index is 0.148. The molecule has 2 bridgehead atoms. The van der Waals surface area contributed by atoms with Gasteiger partial charge < -0.3 is 5.32 Å². The molecule has 2 heterocycles. The van der Waals surface area contributed by atoms with Gasteiger partial charge in [-0.3, -0.25) is 4.79 Å². The highest BCUT2D eigenvalue weighted by molar-refractivity contribution is 5.91. The number of carbonyl (C=O) groups is 1. The molecule has 5 rings (SSSR count). The van der Waals surface area contributed by atoms with Crippen molar-refractivity contribution in [2.75, 3.05) is 0 Å². The Morgan fingerprint density at radius 1 is 1.17 bits per heavy atom. The van der Waals surface area contributed by atoms with Gasteiger partial charge in [0.25, 0.3) is 11.7 Å². The Labute approximate surface area is 141 Å². The van der Waals surface area contributed by atoms with Crippen LogP contribution in [0.5, 0.6) is 0 Å². The van der Waals surface area contributed by atoms with Crippen LogP contribution in [0.25, 0.3) is 5.78 Å². The van der Waals surface area contributed by atoms with E-state index in [0.29, 0.717) is 17.7 Å². The molecule has 0 saturated heterocycles. The first-order valence-corrected chi connectivity index (χ1v) is 9.12. The van der Waals surface area contributed by atoms with Gasteiger partial charge in [0.1, 0.15) is 0 Å². The number of hydrogen-bond donors (Lipinski definition) is 1. The van der Waals surface area contributed by atoms with Crippen molar-refractivity contribution in [3.8, 4) is 0 Å². The summed E-state index contributed by atoms with van der Waals surface area (Å²) in [6.45, 7) is 3.88. The van der Waals surface area contributed by atoms with Gasteiger partial charge in [-0.05, 0) is 69.3 Å². The van der Waals surface area contributed by atoms with Gasteiger partial charge in [0.2, 0.25) is 5.82 Å². The van der Waals surface area contributed by atoms with Crippen LogP contribution in [-0.2, 0) is 0 Å². The van der Waals surface area contributed by atoms with E-state index in [1.54, 1.807) is 4.52 Å². The van der Waals surface area contributed by atoms with Gasteiger partial charge >= 0.3 is 0 Å². The molecule has 24 heavy (non-hydrogen) atoms. The Morgan fingerprint density at radius 2 is 2.00 bits per heavy atom. The number of amides is 1. The van der Waals surface area contributed by atoms with E-state index >= 15 is 0 Å². The SMILES string of the molecule is Cc1cc(C)n2nc(C(=O)NC3CC4CC3C3CCCC43)nc2n1. The molecule has 3 fully saturated rings. The minimum Gasteiger partial charge on any atom is -0.346 e. The molecule has 1 amide bonds. The number of nitrogens with zero attached hydrogens (tertiary/aromatic N) is 4. The fourth-order valence-electron chi connectivity index (χ4n) is 5.73. The van der Waals surface area contributed by atoms with Crippen molar-refractivity contribution in [3.05, 3.63) is 23.3 Å². The smallest absolute Gasteiger partial charge is 0.291 e. The Kier molecular flexibility index (Phi) is 3.00. The maximum atomic E-state index is 12.7. The van der Waals surface area contributed by atoms with Crippen LogP contribution >= 0.6 is 0 Å². The number of carbonyl (C=O) groups excluding carboxylic acids is 1. The number of hydrogen-bond acceptors (Lipinski definition) is 4. The number of nitrogens with one attached hydrogen (secondary N) is 1. The monoisotopic (exact) mass is 325 g/mol. The fraction of sp³-hybridized carbons (Fsp3) is 0.667. The van der Waals surface area contributed by atoms with Crippen molar-refractivity contribution in [2.45, 2.75) is 52.0 Å². The van der Waals surface area contributed by atoms with Crippen LogP contribution in [0, 0.1) is 37.5 Å². The average molecular weight is 325 g/mol. The van der Waals surface area contributed by atoms with Crippen LogP contribution < -0.4 is 5.32 Å². The lowest BCUT2D eigenvalue weighted by Gasteiger charge is -2.31. The molecule has 5 atom stereocenters. The van der Waals surface area contributed by atoms with Crippen LogP contribution in [0.15, 0.2) is 6.07 Å². The second kappa shape index (κ2) is 5.01. The first-order valence-electron chi connectivity index (χ1n) is 9.12. The van der Waals surface area contributed by atoms with Gasteiger partial charge in [-0.15, -0.1) is 5.10 Å². The van der Waals surface area contributed by atoms with Gasteiger partial charge in [0, 0.05) is 17.4 Å². The van der Waals surface area contributed by atoms with Crippen LogP contribution in [0.2, 0.25) is 0 Å². The molecule has 0 aliphatic heterocycles. The summed E-state index contributed by atoms with van der Waals surface area (Å²) in [6, 6.07) is 2.25. The van der Waals surface area contributed by atoms with Crippen LogP contribution in [0.4, 0.5) is 0 Å². The molecule has 3 saturated carbocycles. The lowest BCUT2D eigenvalue weighted by molar-refractivity contribution is 0.0890. The van der Waals surface area contributed by atoms with Gasteiger partial charge in [0.15, 0.2) is 0 Å². The first kappa shape index (κ1) is 14.4. The van der Waals surface area contributed by atoms with E-state index in [0.717, 1.165) is 35.6 Å². The Balaban J connectivity index is 1.37. The van der Waals surface area contributed by atoms with Crippen LogP contribution in [-0.4, -0.2) is 31.5 Å². The summed E-state index contributed by atoms with van der Waals surface area (Å²) in [4.78, 5) is 21.4. The first-order chi connectivity index (χ1) is 11.6. The third kappa shape index (κ3) is 2.01. The van der Waals surface area contributed by atoms with E-state index in [2.05, 4.69) is 20.4 Å². The molecule has 1 N–H and O–H groups in total. The summed E-state index contributed by atoms with van der Waals surface area (Å²) in [5.41, 5.74) is 1.83. The molecule has 2 aromatic rings. The summed E-state index contributed by atoms with van der Waals surface area (Å²) in [5, 5.41) is 7.58. The lowest BCUT2D eigenvalue weighted by Crippen LogP contribution is -2.42. The fourth-order valence-corrected chi connectivity index (χ4v) is 5.73. The zero-order chi connectivity index (χ0) is 16.4. The van der Waals surface area contributed by atoms with Crippen molar-refractivity contribution >= 4 is 11.7 Å². The molecule has 3 aliphatic carbocycles. The summed E-state index contributed by atoms with van der Waals surface area (Å²) >= 11 is 0. The number of aryl methyl sites for hydroxylation is 2. The minimum atomic E-state index is -0.148. The number of rotatable bonds is 2. The highest BCUT2D eigenvalue weighted by Crippen LogP contribution is 2.58. The highest BCUT2D eigenvalue weighted by Gasteiger charge is 2.54. The molecule has 2 aromatic heterocycles. The number of fused-ring (bicyclic) bond motifs is 6. The topological polar surface area (TPSA) is 72.2 Å². The molecule has 0 spiro atoms. The summed E-state index contributed by atoms with van der Waals surface area (Å²) in [5.74, 6) is 3.87. The van der Waals surface area contributed by atoms with Crippen LogP contribution in [0.1, 0.15) is 54.1 Å². The highest BCUT2D eigenvalue weighted by atomic mass is 16.2. The third-order valence-corrected chi connectivity index (χ3v) is 6.57. The summed E-state index contributed by atoms with van der Waals surface area (Å²) in [7, 11) is 0. The van der Waals surface area contributed by atoms with E-state index in [1.165, 1.54) is 25.7 Å². The Morgan fingerprint density at radius 3 is 2.88 bits per heavy atom. The predicted molar refractivity (Wildman–Crippen MR) is 88.6 cm³/mol. The average Bonchev–Trinajstić information content (AvgIpc) is 3.27. The normalized spacial score (nSPS) is 34.0. The van der Waals surface area contributed by atoms with E-state index in [-0.39, 0.29) is 11.7 Å². The standard InChI is InChI=1S/C18H23N5O/c1-9-6-10(2)23-18(19-9)21-16(22-23)17(24)20-15-8-11-7-14(15)13-5-3-4-12(11)13/h6,11-15H,3-5,7-8H2,1-2H3,(H,20,24). The molecular formula is C18H23N5O. The quantitative estimate of drug-likeness (QED) is 0.919. The maximum absolute atomic E-state index is 12.7. The second-order valence-corrected chi connectivity index (χ2v) is 7.92. The van der Waals surface area contributed by atoms with Gasteiger partial charge in [-0.25, -0.2) is 9.50 Å². The third-order valence-electron chi connectivity index (χ3n) is 6.57. The van der Waals surface area contributed by atoms with Gasteiger partial charge in [0.05, 0.1) is 0 Å². The molecule has 3 aliphatic rings. The lowest BCUT2D eigenvalue weighted by atomic mass is 9.79. The summed E-state index contributed by atoms with van der Waals surface area (Å²) in [6.07, 6.45) is 6.58. The second-order valence-electron chi connectivity index (χ2n) is 7.92. The molecule has 0 aromatic carbocycles.